The standard InChI is InChI=1S/C20H22F2N2O2/c1-23(19(25)16-6-5-9-18(12-16)26-20(21)22)13-15-10-11-24(14-15)17-7-3-2-4-8-17/h2-9,12,15,20H,10-11,13-14H2,1H3/t15-/m0/s1. The lowest BCUT2D eigenvalue weighted by atomic mass is 10.1. The van der Waals surface area contributed by atoms with E-state index < -0.39 is 6.61 Å². The van der Waals surface area contributed by atoms with E-state index in [-0.39, 0.29) is 11.7 Å². The summed E-state index contributed by atoms with van der Waals surface area (Å²) in [6.07, 6.45) is 1.01. The Hall–Kier alpha value is -2.63. The topological polar surface area (TPSA) is 32.8 Å². The quantitative estimate of drug-likeness (QED) is 0.784. The summed E-state index contributed by atoms with van der Waals surface area (Å²) in [7, 11) is 1.74. The van der Waals surface area contributed by atoms with Crippen LogP contribution in [0.1, 0.15) is 16.8 Å². The van der Waals surface area contributed by atoms with Gasteiger partial charge >= 0.3 is 6.61 Å². The summed E-state index contributed by atoms with van der Waals surface area (Å²) in [5.41, 5.74) is 1.55. The number of amides is 1. The largest absolute Gasteiger partial charge is 0.435 e. The highest BCUT2D eigenvalue weighted by Gasteiger charge is 2.25. The van der Waals surface area contributed by atoms with Gasteiger partial charge in [0.15, 0.2) is 0 Å². The maximum absolute atomic E-state index is 12.6. The molecular formula is C20H22F2N2O2. The number of benzene rings is 2. The van der Waals surface area contributed by atoms with Gasteiger partial charge in [-0.15, -0.1) is 0 Å². The Morgan fingerprint density at radius 1 is 1.23 bits per heavy atom. The van der Waals surface area contributed by atoms with Crippen LogP contribution in [0.4, 0.5) is 14.5 Å². The van der Waals surface area contributed by atoms with Crippen molar-refractivity contribution in [2.24, 2.45) is 5.92 Å². The molecule has 2 aromatic rings. The number of alkyl halides is 2. The molecule has 1 amide bonds. The monoisotopic (exact) mass is 360 g/mol. The molecule has 0 N–H and O–H groups in total. The van der Waals surface area contributed by atoms with Crippen LogP contribution in [0.5, 0.6) is 5.75 Å². The van der Waals surface area contributed by atoms with Crippen molar-refractivity contribution >= 4 is 11.6 Å². The van der Waals surface area contributed by atoms with Crippen molar-refractivity contribution in [2.45, 2.75) is 13.0 Å². The molecule has 138 valence electrons. The lowest BCUT2D eigenvalue weighted by molar-refractivity contribution is -0.0499. The second-order valence-electron chi connectivity index (χ2n) is 6.53. The van der Waals surface area contributed by atoms with Gasteiger partial charge in [-0.3, -0.25) is 4.79 Å². The van der Waals surface area contributed by atoms with E-state index in [1.807, 2.05) is 18.2 Å². The van der Waals surface area contributed by atoms with Crippen LogP contribution in [0.25, 0.3) is 0 Å². The smallest absolute Gasteiger partial charge is 0.387 e. The predicted molar refractivity (Wildman–Crippen MR) is 96.8 cm³/mol. The fourth-order valence-electron chi connectivity index (χ4n) is 3.35. The Kier molecular flexibility index (Phi) is 5.71. The van der Waals surface area contributed by atoms with Gasteiger partial charge in [0.05, 0.1) is 0 Å². The molecule has 0 spiro atoms. The zero-order valence-electron chi connectivity index (χ0n) is 14.6. The van der Waals surface area contributed by atoms with E-state index in [0.717, 1.165) is 19.5 Å². The highest BCUT2D eigenvalue weighted by Crippen LogP contribution is 2.24. The van der Waals surface area contributed by atoms with Crippen LogP contribution in [0.2, 0.25) is 0 Å². The molecule has 1 aliphatic heterocycles. The maximum atomic E-state index is 12.6. The fraction of sp³-hybridized carbons (Fsp3) is 0.350. The predicted octanol–water partition coefficient (Wildman–Crippen LogP) is 3.89. The lowest BCUT2D eigenvalue weighted by Crippen LogP contribution is -2.33. The van der Waals surface area contributed by atoms with E-state index in [0.29, 0.717) is 18.0 Å². The molecule has 3 rings (SSSR count). The van der Waals surface area contributed by atoms with Crippen molar-refractivity contribution in [1.29, 1.82) is 0 Å². The number of carbonyl (C=O) groups is 1. The van der Waals surface area contributed by atoms with Gasteiger partial charge in [0.1, 0.15) is 5.75 Å². The van der Waals surface area contributed by atoms with Gasteiger partial charge in [0.25, 0.3) is 5.91 Å². The van der Waals surface area contributed by atoms with Crippen molar-refractivity contribution in [3.05, 3.63) is 60.2 Å². The minimum absolute atomic E-state index is 0.00429. The molecule has 0 aromatic heterocycles. The zero-order chi connectivity index (χ0) is 18.5. The molecule has 26 heavy (non-hydrogen) atoms. The fourth-order valence-corrected chi connectivity index (χ4v) is 3.35. The van der Waals surface area contributed by atoms with E-state index in [1.165, 1.54) is 17.8 Å². The van der Waals surface area contributed by atoms with Crippen LogP contribution in [-0.2, 0) is 0 Å². The Morgan fingerprint density at radius 2 is 2.00 bits per heavy atom. The van der Waals surface area contributed by atoms with Crippen molar-refractivity contribution < 1.29 is 18.3 Å². The second kappa shape index (κ2) is 8.17. The number of anilines is 1. The summed E-state index contributed by atoms with van der Waals surface area (Å²) in [4.78, 5) is 16.6. The highest BCUT2D eigenvalue weighted by atomic mass is 19.3. The number of nitrogens with zero attached hydrogens (tertiary/aromatic N) is 2. The summed E-state index contributed by atoms with van der Waals surface area (Å²) in [6, 6.07) is 16.1. The van der Waals surface area contributed by atoms with Crippen LogP contribution in [0.3, 0.4) is 0 Å². The van der Waals surface area contributed by atoms with Crippen LogP contribution in [0, 0.1) is 5.92 Å². The van der Waals surface area contributed by atoms with Gasteiger partial charge < -0.3 is 14.5 Å². The first kappa shape index (κ1) is 18.2. The molecule has 0 unspecified atom stereocenters. The maximum Gasteiger partial charge on any atom is 0.387 e. The Morgan fingerprint density at radius 3 is 2.73 bits per heavy atom. The van der Waals surface area contributed by atoms with E-state index in [9.17, 15) is 13.6 Å². The number of halogens is 2. The van der Waals surface area contributed by atoms with Crippen LogP contribution >= 0.6 is 0 Å². The molecule has 0 aliphatic carbocycles. The minimum Gasteiger partial charge on any atom is -0.435 e. The van der Waals surface area contributed by atoms with Crippen molar-refractivity contribution in [3.63, 3.8) is 0 Å². The summed E-state index contributed by atoms with van der Waals surface area (Å²) in [5, 5.41) is 0. The Bertz CT molecular complexity index is 740. The Balaban J connectivity index is 1.58. The molecule has 1 heterocycles. The van der Waals surface area contributed by atoms with Crippen molar-refractivity contribution in [1.82, 2.24) is 4.90 Å². The average molecular weight is 360 g/mol. The minimum atomic E-state index is -2.90. The third-order valence-corrected chi connectivity index (χ3v) is 4.59. The lowest BCUT2D eigenvalue weighted by Gasteiger charge is -2.23. The van der Waals surface area contributed by atoms with Crippen molar-refractivity contribution in [2.75, 3.05) is 31.6 Å². The molecular weight excluding hydrogens is 338 g/mol. The van der Waals surface area contributed by atoms with Crippen LogP contribution < -0.4 is 9.64 Å². The molecule has 0 bridgehead atoms. The molecule has 2 aromatic carbocycles. The van der Waals surface area contributed by atoms with Gasteiger partial charge in [0.2, 0.25) is 0 Å². The molecule has 0 radical (unpaired) electrons. The molecule has 4 nitrogen and oxygen atoms in total. The summed E-state index contributed by atoms with van der Waals surface area (Å²) >= 11 is 0. The van der Waals surface area contributed by atoms with E-state index in [2.05, 4.69) is 21.8 Å². The SMILES string of the molecule is CN(C[C@@H]1CCN(c2ccccc2)C1)C(=O)c1cccc(OC(F)F)c1. The zero-order valence-corrected chi connectivity index (χ0v) is 14.6. The highest BCUT2D eigenvalue weighted by molar-refractivity contribution is 5.94. The molecule has 1 aliphatic rings. The van der Waals surface area contributed by atoms with Crippen molar-refractivity contribution in [3.8, 4) is 5.75 Å². The van der Waals surface area contributed by atoms with E-state index in [4.69, 9.17) is 0 Å². The summed E-state index contributed by atoms with van der Waals surface area (Å²) in [6.45, 7) is -0.410. The molecule has 1 atom stereocenters. The number of carbonyl (C=O) groups excluding carboxylic acids is 1. The number of rotatable bonds is 6. The third-order valence-electron chi connectivity index (χ3n) is 4.59. The van der Waals surface area contributed by atoms with Gasteiger partial charge in [0, 0.05) is 37.9 Å². The van der Waals surface area contributed by atoms with E-state index >= 15 is 0 Å². The number of hydrogen-bond donors (Lipinski definition) is 0. The first-order valence-corrected chi connectivity index (χ1v) is 8.63. The van der Waals surface area contributed by atoms with Gasteiger partial charge in [-0.1, -0.05) is 24.3 Å². The van der Waals surface area contributed by atoms with E-state index in [1.54, 1.807) is 24.1 Å². The Labute approximate surface area is 152 Å². The van der Waals surface area contributed by atoms with Gasteiger partial charge in [-0.05, 0) is 42.7 Å². The van der Waals surface area contributed by atoms with Crippen LogP contribution in [-0.4, -0.2) is 44.1 Å². The molecule has 1 saturated heterocycles. The number of hydrogen-bond acceptors (Lipinski definition) is 3. The third kappa shape index (κ3) is 4.50. The summed E-state index contributed by atoms with van der Waals surface area (Å²) in [5.74, 6) is 0.183. The van der Waals surface area contributed by atoms with Crippen LogP contribution in [0.15, 0.2) is 54.6 Å². The molecule has 6 heteroatoms. The first-order chi connectivity index (χ1) is 12.5. The number of para-hydroxylation sites is 1. The number of ether oxygens (including phenoxy) is 1. The van der Waals surface area contributed by atoms with Gasteiger partial charge in [-0.25, -0.2) is 0 Å². The first-order valence-electron chi connectivity index (χ1n) is 8.63. The molecule has 1 fully saturated rings. The second-order valence-corrected chi connectivity index (χ2v) is 6.53. The molecule has 0 saturated carbocycles. The normalized spacial score (nSPS) is 16.8. The van der Waals surface area contributed by atoms with Gasteiger partial charge in [-0.2, -0.15) is 8.78 Å². The summed E-state index contributed by atoms with van der Waals surface area (Å²) < 4.78 is 29.0. The average Bonchev–Trinajstić information content (AvgIpc) is 3.10.